The smallest absolute Gasteiger partial charge is 0.306 e. The van der Waals surface area contributed by atoms with E-state index in [2.05, 4.69) is 13.8 Å². The molecule has 6 atom stereocenters. The number of unbranched alkanes of at least 4 members (excludes halogenated alkanes) is 35. The molecule has 9 heteroatoms. The number of esters is 1. The zero-order valence-electron chi connectivity index (χ0n) is 39.5. The second-order valence-corrected chi connectivity index (χ2v) is 18.3. The van der Waals surface area contributed by atoms with E-state index < -0.39 is 43.4 Å². The highest BCUT2D eigenvalue weighted by molar-refractivity contribution is 5.69. The fourth-order valence-electron chi connectivity index (χ4n) is 8.44. The van der Waals surface area contributed by atoms with Gasteiger partial charge in [0, 0.05) is 13.0 Å². The third-order valence-electron chi connectivity index (χ3n) is 12.5. The molecule has 0 aromatic rings. The Kier molecular flexibility index (Phi) is 41.4. The summed E-state index contributed by atoms with van der Waals surface area (Å²) < 4.78 is 22.9. The van der Waals surface area contributed by atoms with Crippen LogP contribution < -0.4 is 0 Å². The number of hydrogen-bond acceptors (Lipinski definition) is 9. The maximum absolute atomic E-state index is 12.8. The predicted octanol–water partition coefficient (Wildman–Crippen LogP) is 12.6. The molecule has 0 spiro atoms. The van der Waals surface area contributed by atoms with Gasteiger partial charge >= 0.3 is 5.97 Å². The summed E-state index contributed by atoms with van der Waals surface area (Å²) in [4.78, 5) is 12.8. The summed E-state index contributed by atoms with van der Waals surface area (Å²) in [6.45, 7) is 4.63. The Morgan fingerprint density at radius 3 is 1.18 bits per heavy atom. The molecular formula is C51H100O9. The van der Waals surface area contributed by atoms with Gasteiger partial charge in [0.25, 0.3) is 0 Å². The SMILES string of the molecule is CCCCCCCCCCCCCCCCCCCCCCCCC(=O)OC(COCCCCCCCCCCCCCCCCC)COC1OC(CO)C(O)C(O)C1O. The third-order valence-corrected chi connectivity index (χ3v) is 12.5. The largest absolute Gasteiger partial charge is 0.457 e. The second-order valence-electron chi connectivity index (χ2n) is 18.3. The van der Waals surface area contributed by atoms with E-state index in [1.54, 1.807) is 0 Å². The molecule has 0 saturated carbocycles. The lowest BCUT2D eigenvalue weighted by molar-refractivity contribution is -0.305. The number of carbonyl (C=O) groups excluding carboxylic acids is 1. The van der Waals surface area contributed by atoms with Crippen LogP contribution in [0.3, 0.4) is 0 Å². The van der Waals surface area contributed by atoms with Crippen LogP contribution in [0.2, 0.25) is 0 Å². The molecule has 4 N–H and O–H groups in total. The van der Waals surface area contributed by atoms with Crippen LogP contribution in [-0.2, 0) is 23.7 Å². The minimum absolute atomic E-state index is 0.105. The lowest BCUT2D eigenvalue weighted by Gasteiger charge is -2.39. The van der Waals surface area contributed by atoms with Crippen molar-refractivity contribution < 1.29 is 44.2 Å². The molecule has 1 rings (SSSR count). The molecule has 0 radical (unpaired) electrons. The molecule has 6 unspecified atom stereocenters. The summed E-state index contributed by atoms with van der Waals surface area (Å²) >= 11 is 0. The maximum Gasteiger partial charge on any atom is 0.306 e. The fraction of sp³-hybridized carbons (Fsp3) is 0.980. The van der Waals surface area contributed by atoms with Gasteiger partial charge < -0.3 is 39.4 Å². The number of hydrogen-bond donors (Lipinski definition) is 4. The molecule has 1 heterocycles. The van der Waals surface area contributed by atoms with Crippen molar-refractivity contribution in [3.05, 3.63) is 0 Å². The molecule has 1 aliphatic rings. The molecule has 0 bridgehead atoms. The molecule has 60 heavy (non-hydrogen) atoms. The van der Waals surface area contributed by atoms with Crippen molar-refractivity contribution in [2.45, 2.75) is 295 Å². The van der Waals surface area contributed by atoms with Crippen LogP contribution in [0.15, 0.2) is 0 Å². The molecular weight excluding hydrogens is 757 g/mol. The van der Waals surface area contributed by atoms with Crippen molar-refractivity contribution in [1.29, 1.82) is 0 Å². The van der Waals surface area contributed by atoms with Gasteiger partial charge in [0.05, 0.1) is 19.8 Å². The molecule has 358 valence electrons. The van der Waals surface area contributed by atoms with E-state index >= 15 is 0 Å². The maximum atomic E-state index is 12.8. The minimum atomic E-state index is -1.53. The van der Waals surface area contributed by atoms with Crippen molar-refractivity contribution >= 4 is 5.97 Å². The first-order chi connectivity index (χ1) is 29.4. The van der Waals surface area contributed by atoms with Crippen LogP contribution >= 0.6 is 0 Å². The van der Waals surface area contributed by atoms with E-state index in [4.69, 9.17) is 18.9 Å². The van der Waals surface area contributed by atoms with Crippen LogP contribution in [0.5, 0.6) is 0 Å². The normalized spacial score (nSPS) is 19.9. The first-order valence-corrected chi connectivity index (χ1v) is 26.1. The quantitative estimate of drug-likeness (QED) is 0.0348. The predicted molar refractivity (Wildman–Crippen MR) is 247 cm³/mol. The molecule has 9 nitrogen and oxygen atoms in total. The summed E-state index contributed by atoms with van der Waals surface area (Å²) in [7, 11) is 0. The zero-order valence-corrected chi connectivity index (χ0v) is 39.5. The van der Waals surface area contributed by atoms with Crippen LogP contribution in [0.4, 0.5) is 0 Å². The van der Waals surface area contributed by atoms with Gasteiger partial charge in [-0.2, -0.15) is 0 Å². The molecule has 0 aliphatic carbocycles. The third kappa shape index (κ3) is 33.7. The Morgan fingerprint density at radius 2 is 0.817 bits per heavy atom. The lowest BCUT2D eigenvalue weighted by atomic mass is 9.99. The van der Waals surface area contributed by atoms with E-state index in [0.717, 1.165) is 32.1 Å². The minimum Gasteiger partial charge on any atom is -0.457 e. The molecule has 0 aromatic heterocycles. The van der Waals surface area contributed by atoms with Crippen molar-refractivity contribution in [3.63, 3.8) is 0 Å². The topological polar surface area (TPSA) is 135 Å². The van der Waals surface area contributed by atoms with Gasteiger partial charge in [0.2, 0.25) is 0 Å². The van der Waals surface area contributed by atoms with E-state index in [1.165, 1.54) is 205 Å². The van der Waals surface area contributed by atoms with Gasteiger partial charge in [0.15, 0.2) is 6.29 Å². The fourth-order valence-corrected chi connectivity index (χ4v) is 8.44. The average molecular weight is 857 g/mol. The Bertz CT molecular complexity index is 889. The zero-order chi connectivity index (χ0) is 43.6. The van der Waals surface area contributed by atoms with Gasteiger partial charge in [0.1, 0.15) is 30.5 Å². The Balaban J connectivity index is 2.16. The van der Waals surface area contributed by atoms with Crippen LogP contribution in [-0.4, -0.2) is 89.6 Å². The van der Waals surface area contributed by atoms with Gasteiger partial charge in [-0.1, -0.05) is 239 Å². The van der Waals surface area contributed by atoms with Crippen LogP contribution in [0.1, 0.15) is 258 Å². The van der Waals surface area contributed by atoms with Gasteiger partial charge in [-0.05, 0) is 12.8 Å². The number of aliphatic hydroxyl groups excluding tert-OH is 4. The number of rotatable bonds is 46. The highest BCUT2D eigenvalue weighted by Crippen LogP contribution is 2.23. The molecule has 1 fully saturated rings. The molecule has 0 amide bonds. The highest BCUT2D eigenvalue weighted by Gasteiger charge is 2.44. The van der Waals surface area contributed by atoms with Crippen molar-refractivity contribution in [2.24, 2.45) is 0 Å². The highest BCUT2D eigenvalue weighted by atomic mass is 16.7. The standard InChI is InChI=1S/C51H100O9/c1-3-5-7-9-11-13-15-17-19-20-21-22-23-24-25-26-28-30-32-34-36-38-40-47(53)59-45(44-58-51-50(56)49(55)48(54)46(42-52)60-51)43-57-41-39-37-35-33-31-29-27-18-16-14-12-10-8-6-4-2/h45-46,48-52,54-56H,3-44H2,1-2H3. The van der Waals surface area contributed by atoms with Gasteiger partial charge in [-0.3, -0.25) is 4.79 Å². The van der Waals surface area contributed by atoms with E-state index in [9.17, 15) is 25.2 Å². The van der Waals surface area contributed by atoms with Gasteiger partial charge in [-0.15, -0.1) is 0 Å². The first-order valence-electron chi connectivity index (χ1n) is 26.1. The van der Waals surface area contributed by atoms with Crippen LogP contribution in [0.25, 0.3) is 0 Å². The summed E-state index contributed by atoms with van der Waals surface area (Å²) in [5.41, 5.74) is 0. The first kappa shape index (κ1) is 57.2. The molecule has 1 saturated heterocycles. The van der Waals surface area contributed by atoms with Gasteiger partial charge in [-0.25, -0.2) is 0 Å². The van der Waals surface area contributed by atoms with E-state index in [0.29, 0.717) is 13.0 Å². The monoisotopic (exact) mass is 857 g/mol. The van der Waals surface area contributed by atoms with Crippen molar-refractivity contribution in [2.75, 3.05) is 26.4 Å². The average Bonchev–Trinajstić information content (AvgIpc) is 3.25. The number of aliphatic hydroxyl groups is 4. The summed E-state index contributed by atoms with van der Waals surface area (Å²) in [6, 6.07) is 0. The lowest BCUT2D eigenvalue weighted by Crippen LogP contribution is -2.59. The molecule has 0 aromatic carbocycles. The van der Waals surface area contributed by atoms with Crippen molar-refractivity contribution in [3.8, 4) is 0 Å². The Morgan fingerprint density at radius 1 is 0.467 bits per heavy atom. The van der Waals surface area contributed by atoms with Crippen molar-refractivity contribution in [1.82, 2.24) is 0 Å². The number of ether oxygens (including phenoxy) is 4. The number of carbonyl (C=O) groups is 1. The van der Waals surface area contributed by atoms with E-state index in [1.807, 2.05) is 0 Å². The van der Waals surface area contributed by atoms with E-state index in [-0.39, 0.29) is 19.2 Å². The second kappa shape index (κ2) is 43.4. The summed E-state index contributed by atoms with van der Waals surface area (Å²) in [5.74, 6) is -0.304. The summed E-state index contributed by atoms with van der Waals surface area (Å²) in [6.07, 6.45) is 41.4. The molecule has 1 aliphatic heterocycles. The Labute approximate surface area is 370 Å². The van der Waals surface area contributed by atoms with Crippen LogP contribution in [0, 0.1) is 0 Å². The Hall–Kier alpha value is -0.810. The summed E-state index contributed by atoms with van der Waals surface area (Å²) in [5, 5.41) is 40.2.